The first-order valence-corrected chi connectivity index (χ1v) is 5.71. The lowest BCUT2D eigenvalue weighted by Crippen LogP contribution is -1.94. The maximum Gasteiger partial charge on any atom is 0.314 e. The van der Waals surface area contributed by atoms with E-state index < -0.39 is 4.92 Å². The van der Waals surface area contributed by atoms with Gasteiger partial charge in [-0.3, -0.25) is 10.1 Å². The highest BCUT2D eigenvalue weighted by molar-refractivity contribution is 6.99. The van der Waals surface area contributed by atoms with Crippen LogP contribution in [0.3, 0.4) is 0 Å². The number of nitro groups is 1. The Morgan fingerprint density at radius 3 is 2.78 bits per heavy atom. The third kappa shape index (κ3) is 2.49. The molecule has 0 aliphatic heterocycles. The zero-order chi connectivity index (χ0) is 13.1. The number of rotatable bonds is 4. The molecule has 0 saturated carbocycles. The smallest absolute Gasteiger partial charge is 0.314 e. The molecule has 94 valence electrons. The molecule has 0 fully saturated rings. The fourth-order valence-electron chi connectivity index (χ4n) is 1.22. The molecule has 9 heteroatoms. The molecule has 18 heavy (non-hydrogen) atoms. The Bertz CT molecular complexity index is 589. The van der Waals surface area contributed by atoms with Crippen LogP contribution in [0.5, 0.6) is 17.4 Å². The standard InChI is InChI=1S/C9H6ClN3O4S/c1-16-7-3-2-5(4-6(7)13(14)15)17-9-8(10)11-18-12-9/h2-4H,1H3. The molecule has 2 aromatic rings. The van der Waals surface area contributed by atoms with Crippen LogP contribution in [0.15, 0.2) is 18.2 Å². The quantitative estimate of drug-likeness (QED) is 0.634. The van der Waals surface area contributed by atoms with Gasteiger partial charge in [0, 0.05) is 0 Å². The molecule has 0 atom stereocenters. The maximum absolute atomic E-state index is 10.8. The molecule has 1 aromatic carbocycles. The van der Waals surface area contributed by atoms with Crippen LogP contribution < -0.4 is 9.47 Å². The molecule has 0 aliphatic rings. The monoisotopic (exact) mass is 287 g/mol. The number of benzene rings is 1. The van der Waals surface area contributed by atoms with Crippen LogP contribution in [0.25, 0.3) is 0 Å². The van der Waals surface area contributed by atoms with Crippen molar-refractivity contribution in [2.75, 3.05) is 7.11 Å². The van der Waals surface area contributed by atoms with Crippen LogP contribution in [0.4, 0.5) is 5.69 Å². The number of hydrogen-bond donors (Lipinski definition) is 0. The molecule has 2 rings (SSSR count). The molecule has 0 unspecified atom stereocenters. The number of ether oxygens (including phenoxy) is 2. The van der Waals surface area contributed by atoms with E-state index >= 15 is 0 Å². The zero-order valence-corrected chi connectivity index (χ0v) is 10.6. The maximum atomic E-state index is 10.8. The average molecular weight is 288 g/mol. The number of aromatic nitrogens is 2. The summed E-state index contributed by atoms with van der Waals surface area (Å²) in [6.45, 7) is 0. The first-order valence-electron chi connectivity index (χ1n) is 4.60. The van der Waals surface area contributed by atoms with Gasteiger partial charge in [0.05, 0.1) is 29.8 Å². The van der Waals surface area contributed by atoms with Crippen molar-refractivity contribution < 1.29 is 14.4 Å². The van der Waals surface area contributed by atoms with Crippen molar-refractivity contribution in [2.45, 2.75) is 0 Å². The van der Waals surface area contributed by atoms with E-state index in [1.54, 1.807) is 0 Å². The van der Waals surface area contributed by atoms with E-state index in [9.17, 15) is 10.1 Å². The molecule has 0 bridgehead atoms. The van der Waals surface area contributed by atoms with Gasteiger partial charge in [-0.05, 0) is 12.1 Å². The van der Waals surface area contributed by atoms with Gasteiger partial charge in [-0.15, -0.1) is 4.37 Å². The summed E-state index contributed by atoms with van der Waals surface area (Å²) in [5.41, 5.74) is -0.200. The van der Waals surface area contributed by atoms with Gasteiger partial charge in [0.25, 0.3) is 5.88 Å². The summed E-state index contributed by atoms with van der Waals surface area (Å²) in [5.74, 6) is 0.494. The summed E-state index contributed by atoms with van der Waals surface area (Å²) in [5, 5.41) is 10.9. The molecule has 0 aliphatic carbocycles. The van der Waals surface area contributed by atoms with Gasteiger partial charge >= 0.3 is 5.69 Å². The first-order chi connectivity index (χ1) is 8.61. The third-order valence-corrected chi connectivity index (χ3v) is 2.84. The van der Waals surface area contributed by atoms with Gasteiger partial charge in [-0.25, -0.2) is 0 Å². The summed E-state index contributed by atoms with van der Waals surface area (Å²) in [6.07, 6.45) is 0. The summed E-state index contributed by atoms with van der Waals surface area (Å²) in [6, 6.07) is 4.18. The Kier molecular flexibility index (Phi) is 3.58. The van der Waals surface area contributed by atoms with Gasteiger partial charge in [0.1, 0.15) is 5.75 Å². The average Bonchev–Trinajstić information content (AvgIpc) is 2.75. The second-order valence-corrected chi connectivity index (χ2v) is 3.94. The molecule has 0 N–H and O–H groups in total. The molecule has 0 saturated heterocycles. The number of nitro benzene ring substituents is 1. The zero-order valence-electron chi connectivity index (χ0n) is 8.99. The van der Waals surface area contributed by atoms with Crippen molar-refractivity contribution in [3.05, 3.63) is 33.5 Å². The topological polar surface area (TPSA) is 87.4 Å². The predicted molar refractivity (Wildman–Crippen MR) is 64.6 cm³/mol. The van der Waals surface area contributed by atoms with Crippen molar-refractivity contribution in [3.63, 3.8) is 0 Å². The van der Waals surface area contributed by atoms with Crippen molar-refractivity contribution in [1.29, 1.82) is 0 Å². The van der Waals surface area contributed by atoms with Crippen molar-refractivity contribution in [1.82, 2.24) is 8.75 Å². The molecule has 7 nitrogen and oxygen atoms in total. The van der Waals surface area contributed by atoms with E-state index in [0.717, 1.165) is 11.7 Å². The largest absolute Gasteiger partial charge is 0.490 e. The highest BCUT2D eigenvalue weighted by Crippen LogP contribution is 2.34. The minimum absolute atomic E-state index is 0.110. The highest BCUT2D eigenvalue weighted by atomic mass is 35.5. The molecular weight excluding hydrogens is 282 g/mol. The first kappa shape index (κ1) is 12.5. The van der Waals surface area contributed by atoms with Crippen LogP contribution in [0, 0.1) is 10.1 Å². The lowest BCUT2D eigenvalue weighted by Gasteiger charge is -2.05. The minimum Gasteiger partial charge on any atom is -0.490 e. The SMILES string of the molecule is COc1ccc(Oc2nsnc2Cl)cc1[N+](=O)[O-]. The molecule has 0 amide bonds. The van der Waals surface area contributed by atoms with E-state index in [0.29, 0.717) is 0 Å². The van der Waals surface area contributed by atoms with Crippen molar-refractivity contribution in [2.24, 2.45) is 0 Å². The number of hydrogen-bond acceptors (Lipinski definition) is 7. The molecule has 0 spiro atoms. The Morgan fingerprint density at radius 2 is 2.22 bits per heavy atom. The lowest BCUT2D eigenvalue weighted by molar-refractivity contribution is -0.385. The minimum atomic E-state index is -0.563. The predicted octanol–water partition coefficient (Wildman–Crippen LogP) is 2.90. The second kappa shape index (κ2) is 5.15. The van der Waals surface area contributed by atoms with Crippen molar-refractivity contribution >= 4 is 29.0 Å². The van der Waals surface area contributed by atoms with Gasteiger partial charge < -0.3 is 9.47 Å². The summed E-state index contributed by atoms with van der Waals surface area (Å²) in [4.78, 5) is 10.3. The number of halogens is 1. The lowest BCUT2D eigenvalue weighted by atomic mass is 10.3. The van der Waals surface area contributed by atoms with Crippen LogP contribution in [0.1, 0.15) is 0 Å². The Labute approximate surface area is 110 Å². The molecule has 1 heterocycles. The van der Waals surface area contributed by atoms with Gasteiger partial charge in [0.2, 0.25) is 5.15 Å². The second-order valence-electron chi connectivity index (χ2n) is 3.05. The number of nitrogens with zero attached hydrogens (tertiary/aromatic N) is 3. The highest BCUT2D eigenvalue weighted by Gasteiger charge is 2.17. The van der Waals surface area contributed by atoms with Crippen LogP contribution in [-0.4, -0.2) is 20.8 Å². The summed E-state index contributed by atoms with van der Waals surface area (Å²) in [7, 11) is 1.35. The van der Waals surface area contributed by atoms with Crippen molar-refractivity contribution in [3.8, 4) is 17.4 Å². The van der Waals surface area contributed by atoms with Gasteiger partial charge in [-0.2, -0.15) is 4.37 Å². The van der Waals surface area contributed by atoms with E-state index in [1.165, 1.54) is 25.3 Å². The van der Waals surface area contributed by atoms with E-state index in [1.807, 2.05) is 0 Å². The van der Waals surface area contributed by atoms with Gasteiger partial charge in [0.15, 0.2) is 5.75 Å². The van der Waals surface area contributed by atoms with Crippen LogP contribution in [0.2, 0.25) is 5.15 Å². The van der Waals surface area contributed by atoms with E-state index in [-0.39, 0.29) is 28.2 Å². The fourth-order valence-corrected chi connectivity index (χ4v) is 1.83. The molecular formula is C9H6ClN3O4S. The normalized spacial score (nSPS) is 10.1. The number of methoxy groups -OCH3 is 1. The van der Waals surface area contributed by atoms with Gasteiger partial charge in [-0.1, -0.05) is 11.6 Å². The Balaban J connectivity index is 2.33. The van der Waals surface area contributed by atoms with E-state index in [2.05, 4.69) is 8.75 Å². The fraction of sp³-hybridized carbons (Fsp3) is 0.111. The summed E-state index contributed by atoms with van der Waals surface area (Å²) >= 11 is 6.59. The summed E-state index contributed by atoms with van der Waals surface area (Å²) < 4.78 is 17.7. The third-order valence-electron chi connectivity index (χ3n) is 1.98. The molecule has 0 radical (unpaired) electrons. The van der Waals surface area contributed by atoms with E-state index in [4.69, 9.17) is 21.1 Å². The Hall–Kier alpha value is -1.93. The van der Waals surface area contributed by atoms with Crippen LogP contribution >= 0.6 is 23.3 Å². The molecule has 1 aromatic heterocycles. The van der Waals surface area contributed by atoms with Crippen LogP contribution in [-0.2, 0) is 0 Å². The Morgan fingerprint density at radius 1 is 1.44 bits per heavy atom.